The maximum atomic E-state index is 5.92. The highest BCUT2D eigenvalue weighted by Crippen LogP contribution is 2.20. The molecule has 1 aromatic rings. The van der Waals surface area contributed by atoms with E-state index in [0.29, 0.717) is 16.6 Å². The van der Waals surface area contributed by atoms with Gasteiger partial charge in [-0.3, -0.25) is 0 Å². The molecule has 5 heteroatoms. The molecule has 0 saturated heterocycles. The van der Waals surface area contributed by atoms with Gasteiger partial charge in [-0.15, -0.1) is 5.54 Å². The van der Waals surface area contributed by atoms with Crippen molar-refractivity contribution in [2.75, 3.05) is 7.11 Å². The van der Waals surface area contributed by atoms with Crippen LogP contribution in [0.25, 0.3) is 0 Å². The summed E-state index contributed by atoms with van der Waals surface area (Å²) >= 11 is 5.92. The normalized spacial score (nSPS) is 10.5. The molecule has 0 spiro atoms. The summed E-state index contributed by atoms with van der Waals surface area (Å²) in [4.78, 5) is 7.83. The minimum Gasteiger partial charge on any atom is -0.480 e. The number of hydrogen-bond acceptors (Lipinski definition) is 3. The molecule has 0 aliphatic rings. The zero-order valence-corrected chi connectivity index (χ0v) is 11.0. The van der Waals surface area contributed by atoms with Crippen LogP contribution in [-0.4, -0.2) is 25.2 Å². The first-order valence-corrected chi connectivity index (χ1v) is 8.39. The van der Waals surface area contributed by atoms with Crippen molar-refractivity contribution in [1.82, 2.24) is 9.97 Å². The second-order valence-corrected chi connectivity index (χ2v) is 9.16. The van der Waals surface area contributed by atoms with Crippen molar-refractivity contribution in [2.24, 2.45) is 0 Å². The fourth-order valence-electron chi connectivity index (χ4n) is 0.859. The number of ether oxygens (including phenoxy) is 1. The first-order valence-electron chi connectivity index (χ1n) is 4.51. The van der Waals surface area contributed by atoms with Gasteiger partial charge < -0.3 is 4.74 Å². The number of methoxy groups -OCH3 is 1. The molecule has 0 radical (unpaired) electrons. The molecule has 0 saturated carbocycles. The summed E-state index contributed by atoms with van der Waals surface area (Å²) in [6.45, 7) is 6.47. The van der Waals surface area contributed by atoms with Crippen LogP contribution in [0, 0.1) is 11.5 Å². The summed E-state index contributed by atoms with van der Waals surface area (Å²) in [5, 5.41) is 0.340. The average Bonchev–Trinajstić information content (AvgIpc) is 2.14. The van der Waals surface area contributed by atoms with Gasteiger partial charge in [0, 0.05) is 0 Å². The number of hydrogen-bond donors (Lipinski definition) is 0. The van der Waals surface area contributed by atoms with Gasteiger partial charge >= 0.3 is 0 Å². The van der Waals surface area contributed by atoms with Crippen LogP contribution in [0.2, 0.25) is 24.8 Å². The SMILES string of the molecule is COc1ncnc(Cl)c1C#C[Si](C)(C)C. The molecule has 1 heterocycles. The number of aromatic nitrogens is 2. The smallest absolute Gasteiger partial charge is 0.233 e. The van der Waals surface area contributed by atoms with Gasteiger partial charge in [0.2, 0.25) is 5.88 Å². The van der Waals surface area contributed by atoms with E-state index in [1.54, 1.807) is 7.11 Å². The Morgan fingerprint density at radius 3 is 2.53 bits per heavy atom. The van der Waals surface area contributed by atoms with E-state index in [4.69, 9.17) is 16.3 Å². The van der Waals surface area contributed by atoms with E-state index in [-0.39, 0.29) is 0 Å². The van der Waals surface area contributed by atoms with Crippen molar-refractivity contribution in [3.8, 4) is 17.3 Å². The molecular weight excluding hydrogens is 228 g/mol. The Bertz CT molecular complexity index is 418. The predicted octanol–water partition coefficient (Wildman–Crippen LogP) is 2.37. The molecule has 0 atom stereocenters. The van der Waals surface area contributed by atoms with Crippen LogP contribution in [0.1, 0.15) is 5.56 Å². The van der Waals surface area contributed by atoms with Crippen molar-refractivity contribution in [2.45, 2.75) is 19.6 Å². The van der Waals surface area contributed by atoms with Crippen molar-refractivity contribution < 1.29 is 4.74 Å². The highest BCUT2D eigenvalue weighted by Gasteiger charge is 2.11. The number of halogens is 1. The lowest BCUT2D eigenvalue weighted by atomic mass is 10.3. The molecule has 1 aromatic heterocycles. The summed E-state index contributed by atoms with van der Waals surface area (Å²) in [7, 11) is 0.111. The first kappa shape index (κ1) is 12.0. The number of nitrogens with zero attached hydrogens (tertiary/aromatic N) is 2. The molecule has 3 nitrogen and oxygen atoms in total. The third-order valence-electron chi connectivity index (χ3n) is 1.52. The van der Waals surface area contributed by atoms with Crippen molar-refractivity contribution in [3.63, 3.8) is 0 Å². The summed E-state index contributed by atoms with van der Waals surface area (Å²) in [5.41, 5.74) is 3.77. The van der Waals surface area contributed by atoms with Gasteiger partial charge in [0.15, 0.2) is 5.15 Å². The Labute approximate surface area is 95.9 Å². The van der Waals surface area contributed by atoms with Gasteiger partial charge in [-0.05, 0) is 0 Å². The highest BCUT2D eigenvalue weighted by molar-refractivity contribution is 6.83. The van der Waals surface area contributed by atoms with E-state index in [1.807, 2.05) is 0 Å². The van der Waals surface area contributed by atoms with E-state index >= 15 is 0 Å². The lowest BCUT2D eigenvalue weighted by Gasteiger charge is -2.05. The van der Waals surface area contributed by atoms with Crippen molar-refractivity contribution >= 4 is 19.7 Å². The first-order chi connectivity index (χ1) is 6.94. The third-order valence-corrected chi connectivity index (χ3v) is 2.68. The quantitative estimate of drug-likeness (QED) is 0.430. The fraction of sp³-hybridized carbons (Fsp3) is 0.400. The monoisotopic (exact) mass is 240 g/mol. The molecule has 0 aliphatic carbocycles. The summed E-state index contributed by atoms with van der Waals surface area (Å²) in [6, 6.07) is 0. The van der Waals surface area contributed by atoms with Crippen molar-refractivity contribution in [1.29, 1.82) is 0 Å². The molecule has 80 valence electrons. The maximum Gasteiger partial charge on any atom is 0.233 e. The molecule has 0 unspecified atom stereocenters. The van der Waals surface area contributed by atoms with Crippen LogP contribution in [0.3, 0.4) is 0 Å². The van der Waals surface area contributed by atoms with Crippen LogP contribution < -0.4 is 4.74 Å². The largest absolute Gasteiger partial charge is 0.480 e. The molecule has 0 aromatic carbocycles. The van der Waals surface area contributed by atoms with Crippen molar-refractivity contribution in [3.05, 3.63) is 17.0 Å². The topological polar surface area (TPSA) is 35.0 Å². The summed E-state index contributed by atoms with van der Waals surface area (Å²) in [5.74, 6) is 3.43. The Kier molecular flexibility index (Phi) is 3.72. The van der Waals surface area contributed by atoms with E-state index in [2.05, 4.69) is 41.1 Å². The van der Waals surface area contributed by atoms with Gasteiger partial charge in [-0.2, -0.15) is 0 Å². The second kappa shape index (κ2) is 4.64. The van der Waals surface area contributed by atoms with E-state index in [9.17, 15) is 0 Å². The van der Waals surface area contributed by atoms with Gasteiger partial charge in [-0.1, -0.05) is 37.2 Å². The van der Waals surface area contributed by atoms with Gasteiger partial charge in [0.1, 0.15) is 20.0 Å². The average molecular weight is 241 g/mol. The van der Waals surface area contributed by atoms with Crippen LogP contribution in [0.4, 0.5) is 0 Å². The van der Waals surface area contributed by atoms with Gasteiger partial charge in [0.05, 0.1) is 7.11 Å². The lowest BCUT2D eigenvalue weighted by Crippen LogP contribution is -2.16. The molecule has 0 fully saturated rings. The Balaban J connectivity index is 3.17. The fourth-order valence-corrected chi connectivity index (χ4v) is 1.53. The van der Waals surface area contributed by atoms with Crippen LogP contribution in [-0.2, 0) is 0 Å². The molecule has 0 aliphatic heterocycles. The van der Waals surface area contributed by atoms with Gasteiger partial charge in [0.25, 0.3) is 0 Å². The number of rotatable bonds is 1. The third kappa shape index (κ3) is 3.54. The second-order valence-electron chi connectivity index (χ2n) is 4.05. The lowest BCUT2D eigenvalue weighted by molar-refractivity contribution is 0.395. The molecule has 0 bridgehead atoms. The van der Waals surface area contributed by atoms with Crippen LogP contribution in [0.5, 0.6) is 5.88 Å². The predicted molar refractivity (Wildman–Crippen MR) is 63.8 cm³/mol. The highest BCUT2D eigenvalue weighted by atomic mass is 35.5. The molecule has 15 heavy (non-hydrogen) atoms. The standard InChI is InChI=1S/C10H13ClN2OSi/c1-14-10-8(5-6-15(2,3)4)9(11)12-7-13-10/h7H,1-4H3. The minimum atomic E-state index is -1.43. The summed E-state index contributed by atoms with van der Waals surface area (Å²) in [6.07, 6.45) is 1.36. The molecule has 0 N–H and O–H groups in total. The zero-order valence-electron chi connectivity index (χ0n) is 9.26. The summed E-state index contributed by atoms with van der Waals surface area (Å²) < 4.78 is 5.07. The Hall–Kier alpha value is -1.05. The van der Waals surface area contributed by atoms with E-state index in [0.717, 1.165) is 0 Å². The molecular formula is C10H13ClN2OSi. The van der Waals surface area contributed by atoms with Crippen LogP contribution >= 0.6 is 11.6 Å². The Morgan fingerprint density at radius 2 is 2.00 bits per heavy atom. The molecule has 0 amide bonds. The molecule has 1 rings (SSSR count). The maximum absolute atomic E-state index is 5.92. The zero-order chi connectivity index (χ0) is 11.5. The van der Waals surface area contributed by atoms with E-state index < -0.39 is 8.07 Å². The van der Waals surface area contributed by atoms with E-state index in [1.165, 1.54) is 6.33 Å². The van der Waals surface area contributed by atoms with Gasteiger partial charge in [-0.25, -0.2) is 9.97 Å². The minimum absolute atomic E-state index is 0.340. The Morgan fingerprint density at radius 1 is 1.33 bits per heavy atom. The van der Waals surface area contributed by atoms with Crippen LogP contribution in [0.15, 0.2) is 6.33 Å².